The van der Waals surface area contributed by atoms with Crippen LogP contribution in [0.4, 0.5) is 0 Å². The average molecular weight is 507 g/mol. The van der Waals surface area contributed by atoms with Crippen LogP contribution in [0.1, 0.15) is 23.2 Å². The van der Waals surface area contributed by atoms with Crippen LogP contribution in [0, 0.1) is 0 Å². The Morgan fingerprint density at radius 2 is 2.15 bits per heavy atom. The number of amides is 1. The number of nitrogens with zero attached hydrogens (tertiary/aromatic N) is 2. The highest BCUT2D eigenvalue weighted by Crippen LogP contribution is 2.16. The molecule has 9 heteroatoms. The summed E-state index contributed by atoms with van der Waals surface area (Å²) in [7, 11) is 1.92. The Kier molecular flexibility index (Phi) is 10.0. The molecule has 148 valence electrons. The highest BCUT2D eigenvalue weighted by Gasteiger charge is 2.09. The molecule has 0 spiro atoms. The van der Waals surface area contributed by atoms with Gasteiger partial charge in [0.1, 0.15) is 24.7 Å². The van der Waals surface area contributed by atoms with E-state index in [-0.39, 0.29) is 29.7 Å². The van der Waals surface area contributed by atoms with Gasteiger partial charge in [0, 0.05) is 18.6 Å². The van der Waals surface area contributed by atoms with Crippen LogP contribution in [0.2, 0.25) is 5.02 Å². The number of hydrogen-bond donors (Lipinski definition) is 2. The standard InChI is InChI=1S/C18H23ClN4O3.HI/c1-3-21-18(22-12-15-7-8-16(26-15)17(20)24)23(2)9-10-25-14-6-4-5-13(19)11-14;/h4-8,11H,3,9-10,12H2,1-2H3,(H2,20,24)(H,21,22);1H. The normalized spacial score (nSPS) is 10.9. The summed E-state index contributed by atoms with van der Waals surface area (Å²) in [5.41, 5.74) is 5.18. The zero-order valence-corrected chi connectivity index (χ0v) is 18.4. The van der Waals surface area contributed by atoms with E-state index in [1.165, 1.54) is 0 Å². The molecule has 1 aromatic carbocycles. The first-order chi connectivity index (χ1) is 12.5. The summed E-state index contributed by atoms with van der Waals surface area (Å²) in [6.45, 7) is 4.12. The Morgan fingerprint density at radius 1 is 1.37 bits per heavy atom. The predicted octanol–water partition coefficient (Wildman–Crippen LogP) is 3.13. The zero-order chi connectivity index (χ0) is 18.9. The predicted molar refractivity (Wildman–Crippen MR) is 117 cm³/mol. The molecule has 0 saturated heterocycles. The number of hydrogen-bond acceptors (Lipinski definition) is 4. The van der Waals surface area contributed by atoms with E-state index < -0.39 is 5.91 Å². The van der Waals surface area contributed by atoms with Gasteiger partial charge in [-0.15, -0.1) is 24.0 Å². The lowest BCUT2D eigenvalue weighted by Crippen LogP contribution is -2.40. The van der Waals surface area contributed by atoms with Crippen molar-refractivity contribution in [1.29, 1.82) is 0 Å². The number of carbonyl (C=O) groups excluding carboxylic acids is 1. The van der Waals surface area contributed by atoms with Crippen molar-refractivity contribution in [2.75, 3.05) is 26.7 Å². The number of ether oxygens (including phenoxy) is 1. The smallest absolute Gasteiger partial charge is 0.284 e. The molecule has 0 aliphatic heterocycles. The van der Waals surface area contributed by atoms with Crippen molar-refractivity contribution >= 4 is 47.4 Å². The number of rotatable bonds is 8. The van der Waals surface area contributed by atoms with E-state index in [2.05, 4.69) is 10.3 Å². The Balaban J connectivity index is 0.00000364. The van der Waals surface area contributed by atoms with Gasteiger partial charge in [-0.1, -0.05) is 17.7 Å². The third-order valence-electron chi connectivity index (χ3n) is 3.48. The van der Waals surface area contributed by atoms with E-state index in [4.69, 9.17) is 26.5 Å². The molecule has 0 aliphatic rings. The minimum Gasteiger partial charge on any atom is -0.492 e. The van der Waals surface area contributed by atoms with E-state index in [1.807, 2.05) is 31.0 Å². The maximum Gasteiger partial charge on any atom is 0.284 e. The van der Waals surface area contributed by atoms with Gasteiger partial charge in [0.2, 0.25) is 0 Å². The number of halogens is 2. The molecule has 0 bridgehead atoms. The summed E-state index contributed by atoms with van der Waals surface area (Å²) in [6.07, 6.45) is 0. The third kappa shape index (κ3) is 7.67. The van der Waals surface area contributed by atoms with Crippen LogP contribution in [-0.4, -0.2) is 43.5 Å². The van der Waals surface area contributed by atoms with Crippen LogP contribution in [0.3, 0.4) is 0 Å². The Hall–Kier alpha value is -1.94. The summed E-state index contributed by atoms with van der Waals surface area (Å²) in [5.74, 6) is 1.53. The molecule has 1 amide bonds. The van der Waals surface area contributed by atoms with Crippen molar-refractivity contribution in [3.05, 3.63) is 52.9 Å². The number of likely N-dealkylation sites (N-methyl/N-ethyl adjacent to an activating group) is 1. The molecule has 7 nitrogen and oxygen atoms in total. The molecule has 1 aromatic heterocycles. The molecular formula is C18H24ClIN4O3. The van der Waals surface area contributed by atoms with Crippen molar-refractivity contribution < 1.29 is 13.9 Å². The molecule has 2 rings (SSSR count). The van der Waals surface area contributed by atoms with Crippen molar-refractivity contribution in [1.82, 2.24) is 10.2 Å². The second kappa shape index (κ2) is 11.7. The van der Waals surface area contributed by atoms with E-state index in [9.17, 15) is 4.79 Å². The summed E-state index contributed by atoms with van der Waals surface area (Å²) >= 11 is 5.94. The van der Waals surface area contributed by atoms with E-state index in [1.54, 1.807) is 24.3 Å². The lowest BCUT2D eigenvalue weighted by Gasteiger charge is -2.22. The lowest BCUT2D eigenvalue weighted by atomic mass is 10.3. The third-order valence-corrected chi connectivity index (χ3v) is 3.71. The first-order valence-corrected chi connectivity index (χ1v) is 8.63. The molecule has 0 aliphatic carbocycles. The van der Waals surface area contributed by atoms with E-state index >= 15 is 0 Å². The number of furan rings is 1. The van der Waals surface area contributed by atoms with Gasteiger partial charge >= 0.3 is 0 Å². The molecule has 3 N–H and O–H groups in total. The van der Waals surface area contributed by atoms with E-state index in [0.29, 0.717) is 36.4 Å². The number of nitrogens with one attached hydrogen (secondary N) is 1. The number of primary amides is 1. The second-order valence-corrected chi connectivity index (χ2v) is 5.96. The monoisotopic (exact) mass is 506 g/mol. The van der Waals surface area contributed by atoms with Crippen LogP contribution >= 0.6 is 35.6 Å². The summed E-state index contributed by atoms with van der Waals surface area (Å²) < 4.78 is 11.0. The zero-order valence-electron chi connectivity index (χ0n) is 15.3. The first kappa shape index (κ1) is 23.1. The van der Waals surface area contributed by atoms with Gasteiger partial charge in [-0.2, -0.15) is 0 Å². The van der Waals surface area contributed by atoms with Gasteiger partial charge in [-0.05, 0) is 37.3 Å². The Labute approximate surface area is 180 Å². The minimum atomic E-state index is -0.595. The van der Waals surface area contributed by atoms with Crippen molar-refractivity contribution in [3.63, 3.8) is 0 Å². The largest absolute Gasteiger partial charge is 0.492 e. The van der Waals surface area contributed by atoms with E-state index in [0.717, 1.165) is 12.3 Å². The molecule has 0 fully saturated rings. The molecule has 0 saturated carbocycles. The molecule has 1 heterocycles. The molecule has 0 radical (unpaired) electrons. The van der Waals surface area contributed by atoms with Gasteiger partial charge < -0.3 is 25.1 Å². The van der Waals surface area contributed by atoms with Crippen LogP contribution in [0.5, 0.6) is 5.75 Å². The van der Waals surface area contributed by atoms with Gasteiger partial charge in [0.15, 0.2) is 11.7 Å². The Morgan fingerprint density at radius 3 is 2.78 bits per heavy atom. The van der Waals surface area contributed by atoms with Crippen molar-refractivity contribution in [3.8, 4) is 5.75 Å². The molecule has 0 unspecified atom stereocenters. The second-order valence-electron chi connectivity index (χ2n) is 5.53. The number of guanidine groups is 1. The first-order valence-electron chi connectivity index (χ1n) is 8.26. The maximum absolute atomic E-state index is 11.1. The molecule has 2 aromatic rings. The number of aliphatic imine (C=N–C) groups is 1. The average Bonchev–Trinajstić information content (AvgIpc) is 3.08. The number of benzene rings is 1. The van der Waals surface area contributed by atoms with Crippen LogP contribution < -0.4 is 15.8 Å². The van der Waals surface area contributed by atoms with Gasteiger partial charge in [0.05, 0.1) is 6.54 Å². The summed E-state index contributed by atoms with van der Waals surface area (Å²) in [6, 6.07) is 10.5. The number of nitrogens with two attached hydrogens (primary N) is 1. The van der Waals surface area contributed by atoms with Crippen LogP contribution in [0.25, 0.3) is 0 Å². The van der Waals surface area contributed by atoms with Crippen molar-refractivity contribution in [2.45, 2.75) is 13.5 Å². The Bertz CT molecular complexity index is 767. The molecular weight excluding hydrogens is 483 g/mol. The maximum atomic E-state index is 11.1. The topological polar surface area (TPSA) is 93.1 Å². The number of carbonyl (C=O) groups is 1. The molecule has 0 atom stereocenters. The highest BCUT2D eigenvalue weighted by molar-refractivity contribution is 14.0. The lowest BCUT2D eigenvalue weighted by molar-refractivity contribution is 0.0972. The quantitative estimate of drug-likeness (QED) is 0.326. The fourth-order valence-electron chi connectivity index (χ4n) is 2.18. The van der Waals surface area contributed by atoms with Crippen LogP contribution in [-0.2, 0) is 6.54 Å². The van der Waals surface area contributed by atoms with Gasteiger partial charge in [-0.3, -0.25) is 4.79 Å². The molecule has 27 heavy (non-hydrogen) atoms. The fourth-order valence-corrected chi connectivity index (χ4v) is 2.36. The fraction of sp³-hybridized carbons (Fsp3) is 0.333. The van der Waals surface area contributed by atoms with Crippen LogP contribution in [0.15, 0.2) is 45.8 Å². The summed E-state index contributed by atoms with van der Waals surface area (Å²) in [4.78, 5) is 17.5. The van der Waals surface area contributed by atoms with Crippen molar-refractivity contribution in [2.24, 2.45) is 10.7 Å². The van der Waals surface area contributed by atoms with Gasteiger partial charge in [0.25, 0.3) is 5.91 Å². The van der Waals surface area contributed by atoms with Gasteiger partial charge in [-0.25, -0.2) is 4.99 Å². The highest BCUT2D eigenvalue weighted by atomic mass is 127. The summed E-state index contributed by atoms with van der Waals surface area (Å²) in [5, 5.41) is 3.84. The minimum absolute atomic E-state index is 0. The SMILES string of the molecule is CCNC(=NCc1ccc(C(N)=O)o1)N(C)CCOc1cccc(Cl)c1.I.